The molecule has 0 fully saturated rings. The van der Waals surface area contributed by atoms with E-state index in [0.717, 1.165) is 10.0 Å². The maximum Gasteiger partial charge on any atom is 0.0837 e. The van der Waals surface area contributed by atoms with Gasteiger partial charge in [-0.1, -0.05) is 0 Å². The summed E-state index contributed by atoms with van der Waals surface area (Å²) in [5, 5.41) is 0. The van der Waals surface area contributed by atoms with Crippen molar-refractivity contribution < 1.29 is 4.74 Å². The van der Waals surface area contributed by atoms with Crippen molar-refractivity contribution in [1.82, 2.24) is 4.98 Å². The Kier molecular flexibility index (Phi) is 3.02. The van der Waals surface area contributed by atoms with Gasteiger partial charge in [0.1, 0.15) is 0 Å². The number of hydrogen-bond donors (Lipinski definition) is 0. The smallest absolute Gasteiger partial charge is 0.0837 e. The molecule has 0 aromatic carbocycles. The molecule has 0 saturated carbocycles. The Bertz CT molecular complexity index is 239. The highest BCUT2D eigenvalue weighted by molar-refractivity contribution is 9.10. The molecule has 11 heavy (non-hydrogen) atoms. The third-order valence-corrected chi connectivity index (χ3v) is 1.82. The number of ether oxygens (including phenoxy) is 1. The molecule has 1 unspecified atom stereocenters. The lowest BCUT2D eigenvalue weighted by atomic mass is 10.2. The van der Waals surface area contributed by atoms with Crippen molar-refractivity contribution in [2.75, 3.05) is 7.11 Å². The molecule has 0 aliphatic heterocycles. The molecule has 0 N–H and O–H groups in total. The van der Waals surface area contributed by atoms with E-state index in [1.54, 1.807) is 19.5 Å². The first-order valence-electron chi connectivity index (χ1n) is 3.20. The lowest BCUT2D eigenvalue weighted by Gasteiger charge is -2.08. The molecular weight excluding hydrogens is 206 g/mol. The number of halogens is 1. The van der Waals surface area contributed by atoms with Gasteiger partial charge >= 0.3 is 0 Å². The highest BCUT2D eigenvalue weighted by Crippen LogP contribution is 2.17. The van der Waals surface area contributed by atoms with E-state index >= 15 is 0 Å². The molecule has 1 heterocycles. The van der Waals surface area contributed by atoms with Gasteiger partial charge in [0.25, 0.3) is 0 Å². The van der Waals surface area contributed by atoms with E-state index in [0.29, 0.717) is 0 Å². The molecule has 0 amide bonds. The van der Waals surface area contributed by atoms with Crippen molar-refractivity contribution in [2.24, 2.45) is 0 Å². The van der Waals surface area contributed by atoms with Crippen LogP contribution in [0, 0.1) is 6.92 Å². The Balaban J connectivity index is 2.86. The van der Waals surface area contributed by atoms with Crippen molar-refractivity contribution in [2.45, 2.75) is 6.10 Å². The summed E-state index contributed by atoms with van der Waals surface area (Å²) in [6.07, 6.45) is 3.33. The standard InChI is InChI=1S/C8H9BrNO/c1-6(11-2)7-3-8(9)5-10-4-7/h3-6H,1H2,2H3. The number of pyridine rings is 1. The molecule has 1 atom stereocenters. The number of methoxy groups -OCH3 is 1. The van der Waals surface area contributed by atoms with Gasteiger partial charge in [-0.25, -0.2) is 0 Å². The van der Waals surface area contributed by atoms with Crippen LogP contribution in [0.1, 0.15) is 11.7 Å². The fourth-order valence-corrected chi connectivity index (χ4v) is 1.12. The van der Waals surface area contributed by atoms with Crippen LogP contribution in [-0.2, 0) is 4.74 Å². The highest BCUT2D eigenvalue weighted by atomic mass is 79.9. The third kappa shape index (κ3) is 2.27. The summed E-state index contributed by atoms with van der Waals surface area (Å²) < 4.78 is 5.96. The zero-order valence-electron chi connectivity index (χ0n) is 6.25. The fraction of sp³-hybridized carbons (Fsp3) is 0.250. The number of aromatic nitrogens is 1. The summed E-state index contributed by atoms with van der Waals surface area (Å²) in [5.74, 6) is 0. The molecule has 1 radical (unpaired) electrons. The molecular formula is C8H9BrNO. The molecule has 1 aromatic rings. The van der Waals surface area contributed by atoms with Gasteiger partial charge < -0.3 is 4.74 Å². The van der Waals surface area contributed by atoms with Crippen LogP contribution in [0.4, 0.5) is 0 Å². The third-order valence-electron chi connectivity index (χ3n) is 1.38. The van der Waals surface area contributed by atoms with E-state index in [1.165, 1.54) is 0 Å². The van der Waals surface area contributed by atoms with Gasteiger partial charge in [-0.2, -0.15) is 0 Å². The quantitative estimate of drug-likeness (QED) is 0.755. The largest absolute Gasteiger partial charge is 0.377 e. The first kappa shape index (κ1) is 8.68. The summed E-state index contributed by atoms with van der Waals surface area (Å²) in [6.45, 7) is 3.78. The molecule has 0 aliphatic carbocycles. The van der Waals surface area contributed by atoms with Crippen LogP contribution >= 0.6 is 15.9 Å². The Morgan fingerprint density at radius 3 is 2.91 bits per heavy atom. The molecule has 1 rings (SSSR count). The van der Waals surface area contributed by atoms with Gasteiger partial charge in [0, 0.05) is 29.5 Å². The molecule has 0 bridgehead atoms. The fourth-order valence-electron chi connectivity index (χ4n) is 0.740. The molecule has 0 spiro atoms. The van der Waals surface area contributed by atoms with E-state index in [9.17, 15) is 0 Å². The van der Waals surface area contributed by atoms with Gasteiger partial charge in [-0.05, 0) is 28.9 Å². The lowest BCUT2D eigenvalue weighted by Crippen LogP contribution is -1.96. The van der Waals surface area contributed by atoms with Crippen molar-refractivity contribution in [1.29, 1.82) is 0 Å². The van der Waals surface area contributed by atoms with Gasteiger partial charge in [-0.3, -0.25) is 4.98 Å². The summed E-state index contributed by atoms with van der Waals surface area (Å²) in [6, 6.07) is 1.94. The zero-order valence-corrected chi connectivity index (χ0v) is 7.84. The second-order valence-corrected chi connectivity index (χ2v) is 3.08. The minimum atomic E-state index is -0.139. The Morgan fingerprint density at radius 2 is 2.36 bits per heavy atom. The zero-order chi connectivity index (χ0) is 8.27. The second kappa shape index (κ2) is 3.83. The van der Waals surface area contributed by atoms with E-state index in [1.807, 2.05) is 6.07 Å². The maximum absolute atomic E-state index is 5.02. The Morgan fingerprint density at radius 1 is 1.64 bits per heavy atom. The monoisotopic (exact) mass is 214 g/mol. The minimum Gasteiger partial charge on any atom is -0.377 e. The van der Waals surface area contributed by atoms with Gasteiger partial charge in [-0.15, -0.1) is 0 Å². The van der Waals surface area contributed by atoms with Crippen LogP contribution in [0.15, 0.2) is 22.9 Å². The Hall–Kier alpha value is -0.410. The van der Waals surface area contributed by atoms with Crippen molar-refractivity contribution in [3.63, 3.8) is 0 Å². The summed E-state index contributed by atoms with van der Waals surface area (Å²) >= 11 is 3.31. The average Bonchev–Trinajstić information content (AvgIpc) is 2.03. The van der Waals surface area contributed by atoms with Crippen LogP contribution in [-0.4, -0.2) is 12.1 Å². The number of nitrogens with zero attached hydrogens (tertiary/aromatic N) is 1. The van der Waals surface area contributed by atoms with Crippen LogP contribution in [0.25, 0.3) is 0 Å². The van der Waals surface area contributed by atoms with Crippen molar-refractivity contribution in [3.05, 3.63) is 35.4 Å². The van der Waals surface area contributed by atoms with Crippen LogP contribution in [0.5, 0.6) is 0 Å². The van der Waals surface area contributed by atoms with Crippen LogP contribution in [0.3, 0.4) is 0 Å². The predicted octanol–water partition coefficient (Wildman–Crippen LogP) is 2.37. The molecule has 2 nitrogen and oxygen atoms in total. The highest BCUT2D eigenvalue weighted by Gasteiger charge is 2.03. The Labute approximate surface area is 74.7 Å². The topological polar surface area (TPSA) is 22.1 Å². The van der Waals surface area contributed by atoms with E-state index in [2.05, 4.69) is 27.8 Å². The van der Waals surface area contributed by atoms with Gasteiger partial charge in [0.05, 0.1) is 6.10 Å². The number of hydrogen-bond acceptors (Lipinski definition) is 2. The molecule has 3 heteroatoms. The number of rotatable bonds is 2. The van der Waals surface area contributed by atoms with E-state index in [-0.39, 0.29) is 6.10 Å². The normalized spacial score (nSPS) is 13.0. The maximum atomic E-state index is 5.02. The van der Waals surface area contributed by atoms with Crippen molar-refractivity contribution in [3.8, 4) is 0 Å². The summed E-state index contributed by atoms with van der Waals surface area (Å²) in [5.41, 5.74) is 0.974. The molecule has 1 aromatic heterocycles. The molecule has 0 saturated heterocycles. The van der Waals surface area contributed by atoms with E-state index in [4.69, 9.17) is 4.74 Å². The van der Waals surface area contributed by atoms with Gasteiger partial charge in [0.15, 0.2) is 0 Å². The summed E-state index contributed by atoms with van der Waals surface area (Å²) in [7, 11) is 1.62. The second-order valence-electron chi connectivity index (χ2n) is 2.16. The van der Waals surface area contributed by atoms with Crippen LogP contribution < -0.4 is 0 Å². The SMILES string of the molecule is [CH2]C(OC)c1cncc(Br)c1. The van der Waals surface area contributed by atoms with Crippen molar-refractivity contribution >= 4 is 15.9 Å². The molecule has 0 aliphatic rings. The first-order chi connectivity index (χ1) is 5.24. The lowest BCUT2D eigenvalue weighted by molar-refractivity contribution is 0.140. The molecule has 59 valence electrons. The average molecular weight is 215 g/mol. The van der Waals surface area contributed by atoms with E-state index < -0.39 is 0 Å². The van der Waals surface area contributed by atoms with Crippen LogP contribution in [0.2, 0.25) is 0 Å². The minimum absolute atomic E-state index is 0.139. The first-order valence-corrected chi connectivity index (χ1v) is 3.99. The van der Waals surface area contributed by atoms with Gasteiger partial charge in [0.2, 0.25) is 0 Å². The predicted molar refractivity (Wildman–Crippen MR) is 47.0 cm³/mol. The summed E-state index contributed by atoms with van der Waals surface area (Å²) in [4.78, 5) is 3.99.